The van der Waals surface area contributed by atoms with E-state index in [0.717, 1.165) is 22.3 Å². The molecule has 2 aromatic rings. The molecule has 2 N–H and O–H groups in total. The van der Waals surface area contributed by atoms with Gasteiger partial charge >= 0.3 is 6.03 Å². The highest BCUT2D eigenvalue weighted by Crippen LogP contribution is 2.26. The lowest BCUT2D eigenvalue weighted by atomic mass is 10.0. The van der Waals surface area contributed by atoms with E-state index in [4.69, 9.17) is 0 Å². The number of carbonyl (C=O) groups is 2. The van der Waals surface area contributed by atoms with Crippen LogP contribution in [0.3, 0.4) is 0 Å². The topological polar surface area (TPSA) is 81.8 Å². The molecule has 2 aliphatic heterocycles. The van der Waals surface area contributed by atoms with Gasteiger partial charge in [0.25, 0.3) is 0 Å². The van der Waals surface area contributed by atoms with Crippen LogP contribution in [0.15, 0.2) is 48.5 Å². The molecule has 0 aliphatic carbocycles. The van der Waals surface area contributed by atoms with E-state index in [1.807, 2.05) is 58.0 Å². The standard InChI is InChI=1S/C22H23FN4O3S.2C2H6/c1-15(28)25-31(30)27-10-8-17(9-11-27)16-3-6-21(7-4-16)24-22(29)26-13-18-2-5-20(23)12-19(18)14-26;2*1-2/h2-8,12H,9-11,13-14H2,1H3,(H,24,29)(H,25,28);2*1-2H3. The second-order valence-corrected chi connectivity index (χ2v) is 8.77. The fraction of sp³-hybridized carbons (Fsp3) is 0.385. The maximum atomic E-state index is 13.4. The van der Waals surface area contributed by atoms with Crippen LogP contribution >= 0.6 is 0 Å². The number of amides is 3. The number of nitrogens with zero attached hydrogens (tertiary/aromatic N) is 2. The minimum atomic E-state index is -1.52. The van der Waals surface area contributed by atoms with E-state index in [2.05, 4.69) is 10.0 Å². The highest BCUT2D eigenvalue weighted by Gasteiger charge is 2.24. The molecule has 3 amide bonds. The third-order valence-electron chi connectivity index (χ3n) is 5.32. The Morgan fingerprint density at radius 2 is 1.63 bits per heavy atom. The highest BCUT2D eigenvalue weighted by molar-refractivity contribution is 7.81. The van der Waals surface area contributed by atoms with Crippen LogP contribution in [0.25, 0.3) is 5.57 Å². The first-order chi connectivity index (χ1) is 16.9. The Bertz CT molecular complexity index is 1070. The lowest BCUT2D eigenvalue weighted by Crippen LogP contribution is -2.39. The van der Waals surface area contributed by atoms with Crippen LogP contribution in [0.2, 0.25) is 0 Å². The molecule has 7 nitrogen and oxygen atoms in total. The molecule has 0 aromatic heterocycles. The van der Waals surface area contributed by atoms with Gasteiger partial charge in [0.15, 0.2) is 11.2 Å². The van der Waals surface area contributed by atoms with Gasteiger partial charge in [-0.15, -0.1) is 0 Å². The Balaban J connectivity index is 0.00000103. The molecule has 0 bridgehead atoms. The van der Waals surface area contributed by atoms with Crippen LogP contribution in [-0.2, 0) is 29.1 Å². The number of carbonyl (C=O) groups excluding carboxylic acids is 2. The number of halogens is 1. The van der Waals surface area contributed by atoms with Gasteiger partial charge in [0.05, 0.1) is 0 Å². The molecule has 2 heterocycles. The SMILES string of the molecule is CC.CC.CC(=O)NS(=O)N1CC=C(c2ccc(NC(=O)N3Cc4ccc(F)cc4C3)cc2)CC1. The molecule has 2 aliphatic rings. The summed E-state index contributed by atoms with van der Waals surface area (Å²) in [6.45, 7) is 11.2. The van der Waals surface area contributed by atoms with Crippen molar-refractivity contribution in [2.24, 2.45) is 0 Å². The number of rotatable bonds is 4. The largest absolute Gasteiger partial charge is 0.322 e. The Kier molecular flexibility index (Phi) is 11.1. The summed E-state index contributed by atoms with van der Waals surface area (Å²) >= 11 is -1.52. The van der Waals surface area contributed by atoms with Crippen LogP contribution in [0, 0.1) is 5.82 Å². The van der Waals surface area contributed by atoms with Crippen LogP contribution in [0.5, 0.6) is 0 Å². The third kappa shape index (κ3) is 7.73. The third-order valence-corrected chi connectivity index (χ3v) is 6.59. The van der Waals surface area contributed by atoms with Gasteiger partial charge in [0.1, 0.15) is 5.82 Å². The molecule has 9 heteroatoms. The van der Waals surface area contributed by atoms with Crippen molar-refractivity contribution in [3.8, 4) is 0 Å². The Morgan fingerprint density at radius 1 is 0.971 bits per heavy atom. The molecule has 0 fully saturated rings. The van der Waals surface area contributed by atoms with Crippen molar-refractivity contribution < 1.29 is 18.2 Å². The van der Waals surface area contributed by atoms with Gasteiger partial charge in [-0.2, -0.15) is 0 Å². The molecule has 2 aromatic carbocycles. The van der Waals surface area contributed by atoms with Crippen molar-refractivity contribution in [3.05, 3.63) is 71.0 Å². The first-order valence-corrected chi connectivity index (χ1v) is 13.1. The molecule has 0 saturated heterocycles. The average molecular weight is 503 g/mol. The van der Waals surface area contributed by atoms with Crippen molar-refractivity contribution in [1.82, 2.24) is 13.9 Å². The van der Waals surface area contributed by atoms with E-state index >= 15 is 0 Å². The number of fused-ring (bicyclic) bond motifs is 1. The minimum Gasteiger partial charge on any atom is -0.316 e. The molecule has 35 heavy (non-hydrogen) atoms. The van der Waals surface area contributed by atoms with Crippen molar-refractivity contribution in [2.45, 2.75) is 54.1 Å². The second-order valence-electron chi connectivity index (χ2n) is 7.55. The zero-order valence-electron chi connectivity index (χ0n) is 21.1. The lowest BCUT2D eigenvalue weighted by Gasteiger charge is -2.25. The number of nitrogens with one attached hydrogen (secondary N) is 2. The number of hydrogen-bond acceptors (Lipinski definition) is 3. The molecule has 0 saturated carbocycles. The van der Waals surface area contributed by atoms with Crippen molar-refractivity contribution in [2.75, 3.05) is 18.4 Å². The molecule has 0 spiro atoms. The molecule has 0 radical (unpaired) electrons. The fourth-order valence-electron chi connectivity index (χ4n) is 3.73. The molecule has 1 unspecified atom stereocenters. The van der Waals surface area contributed by atoms with E-state index in [-0.39, 0.29) is 17.8 Å². The number of benzene rings is 2. The molecule has 1 atom stereocenters. The van der Waals surface area contributed by atoms with Gasteiger partial charge in [0.2, 0.25) is 5.91 Å². The van der Waals surface area contributed by atoms with Gasteiger partial charge < -0.3 is 10.2 Å². The zero-order valence-corrected chi connectivity index (χ0v) is 21.9. The molecule has 190 valence electrons. The normalized spacial score (nSPS) is 15.4. The van der Waals surface area contributed by atoms with Crippen LogP contribution < -0.4 is 10.0 Å². The smallest absolute Gasteiger partial charge is 0.316 e. The number of hydrogen-bond donors (Lipinski definition) is 2. The number of anilines is 1. The monoisotopic (exact) mass is 502 g/mol. The number of urea groups is 1. The molecular weight excluding hydrogens is 467 g/mol. The predicted octanol–water partition coefficient (Wildman–Crippen LogP) is 5.23. The summed E-state index contributed by atoms with van der Waals surface area (Å²) in [5.74, 6) is -0.617. The second kappa shape index (κ2) is 13.7. The quantitative estimate of drug-likeness (QED) is 0.601. The molecular formula is C26H35FN4O3S. The van der Waals surface area contributed by atoms with E-state index in [9.17, 15) is 18.2 Å². The van der Waals surface area contributed by atoms with Gasteiger partial charge in [-0.25, -0.2) is 17.7 Å². The summed E-state index contributed by atoms with van der Waals surface area (Å²) < 4.78 is 29.5. The van der Waals surface area contributed by atoms with Gasteiger partial charge in [0, 0.05) is 38.8 Å². The lowest BCUT2D eigenvalue weighted by molar-refractivity contribution is -0.117. The van der Waals surface area contributed by atoms with Crippen LogP contribution in [-0.4, -0.2) is 38.4 Å². The predicted molar refractivity (Wildman–Crippen MR) is 140 cm³/mol. The summed E-state index contributed by atoms with van der Waals surface area (Å²) in [6, 6.07) is 12.0. The Labute approximate surface area is 210 Å². The van der Waals surface area contributed by atoms with E-state index in [1.54, 1.807) is 15.3 Å². The summed E-state index contributed by atoms with van der Waals surface area (Å²) in [4.78, 5) is 25.3. The van der Waals surface area contributed by atoms with Crippen molar-refractivity contribution in [3.63, 3.8) is 0 Å². The average Bonchev–Trinajstić information content (AvgIpc) is 3.30. The maximum Gasteiger partial charge on any atom is 0.322 e. The zero-order chi connectivity index (χ0) is 26.0. The van der Waals surface area contributed by atoms with Crippen molar-refractivity contribution in [1.29, 1.82) is 0 Å². The van der Waals surface area contributed by atoms with Gasteiger partial charge in [-0.1, -0.05) is 52.0 Å². The summed E-state index contributed by atoms with van der Waals surface area (Å²) in [6.07, 6.45) is 2.71. The van der Waals surface area contributed by atoms with Crippen LogP contribution in [0.4, 0.5) is 14.9 Å². The van der Waals surface area contributed by atoms with E-state index in [1.165, 1.54) is 19.1 Å². The van der Waals surface area contributed by atoms with Crippen LogP contribution in [0.1, 0.15) is 57.7 Å². The summed E-state index contributed by atoms with van der Waals surface area (Å²) in [5, 5.41) is 2.89. The first kappa shape index (κ1) is 28.2. The first-order valence-electron chi connectivity index (χ1n) is 12.0. The Morgan fingerprint density at radius 3 is 2.23 bits per heavy atom. The highest BCUT2D eigenvalue weighted by atomic mass is 32.2. The van der Waals surface area contributed by atoms with E-state index < -0.39 is 11.2 Å². The minimum absolute atomic E-state index is 0.225. The summed E-state index contributed by atoms with van der Waals surface area (Å²) in [7, 11) is 0. The van der Waals surface area contributed by atoms with E-state index in [0.29, 0.717) is 38.3 Å². The maximum absolute atomic E-state index is 13.4. The summed E-state index contributed by atoms with van der Waals surface area (Å²) in [5.41, 5.74) is 4.64. The van der Waals surface area contributed by atoms with Crippen molar-refractivity contribution >= 4 is 34.4 Å². The molecule has 4 rings (SSSR count). The fourth-order valence-corrected chi connectivity index (χ4v) is 4.57. The van der Waals surface area contributed by atoms with Gasteiger partial charge in [-0.05, 0) is 52.9 Å². The Hall–Kier alpha value is -3.04. The van der Waals surface area contributed by atoms with Gasteiger partial charge in [-0.3, -0.25) is 9.52 Å².